The van der Waals surface area contributed by atoms with E-state index in [2.05, 4.69) is 11.9 Å². The van der Waals surface area contributed by atoms with Gasteiger partial charge in [0.05, 0.1) is 24.2 Å². The second-order valence-corrected chi connectivity index (χ2v) is 9.87. The van der Waals surface area contributed by atoms with Crippen LogP contribution >= 0.6 is 23.2 Å². The van der Waals surface area contributed by atoms with Crippen molar-refractivity contribution in [2.75, 3.05) is 6.61 Å². The molecular weight excluding hydrogens is 457 g/mol. The molecule has 2 unspecified atom stereocenters. The first-order valence-corrected chi connectivity index (χ1v) is 12.1. The third-order valence-corrected chi connectivity index (χ3v) is 6.98. The van der Waals surface area contributed by atoms with Gasteiger partial charge in [-0.15, -0.1) is 6.58 Å². The lowest BCUT2D eigenvalue weighted by Gasteiger charge is -2.37. The third kappa shape index (κ3) is 7.07. The van der Waals surface area contributed by atoms with Gasteiger partial charge in [-0.3, -0.25) is 4.79 Å². The smallest absolute Gasteiger partial charge is 0.226 e. The highest BCUT2D eigenvalue weighted by Crippen LogP contribution is 2.45. The SMILES string of the molecule is C=CCC(CC)(C[C@H](c1cccc(Cl)c1)[C@@H](O)c1ccc(Cl)cc1)C(=O)NC(CO)C(C)C. The van der Waals surface area contributed by atoms with Crippen molar-refractivity contribution in [3.63, 3.8) is 0 Å². The number of aliphatic hydroxyl groups is 2. The molecule has 33 heavy (non-hydrogen) atoms. The van der Waals surface area contributed by atoms with Crippen molar-refractivity contribution in [2.24, 2.45) is 11.3 Å². The van der Waals surface area contributed by atoms with Gasteiger partial charge in [0.15, 0.2) is 0 Å². The minimum absolute atomic E-state index is 0.0839. The van der Waals surface area contributed by atoms with E-state index in [-0.39, 0.29) is 24.5 Å². The summed E-state index contributed by atoms with van der Waals surface area (Å²) >= 11 is 12.3. The van der Waals surface area contributed by atoms with Crippen LogP contribution in [-0.2, 0) is 4.79 Å². The van der Waals surface area contributed by atoms with Gasteiger partial charge in [-0.25, -0.2) is 0 Å². The fraction of sp³-hybridized carbons (Fsp3) is 0.444. The van der Waals surface area contributed by atoms with Crippen LogP contribution in [0.25, 0.3) is 0 Å². The molecule has 180 valence electrons. The molecule has 1 amide bonds. The van der Waals surface area contributed by atoms with Crippen LogP contribution in [0.1, 0.15) is 63.2 Å². The van der Waals surface area contributed by atoms with Crippen LogP contribution < -0.4 is 5.32 Å². The number of allylic oxidation sites excluding steroid dienone is 1. The highest BCUT2D eigenvalue weighted by atomic mass is 35.5. The number of rotatable bonds is 12. The number of hydrogen-bond donors (Lipinski definition) is 3. The fourth-order valence-corrected chi connectivity index (χ4v) is 4.53. The van der Waals surface area contributed by atoms with Gasteiger partial charge in [0.2, 0.25) is 5.91 Å². The number of aliphatic hydroxyl groups excluding tert-OH is 2. The average molecular weight is 492 g/mol. The minimum atomic E-state index is -0.872. The zero-order chi connectivity index (χ0) is 24.6. The normalized spacial score (nSPS) is 16.0. The summed E-state index contributed by atoms with van der Waals surface area (Å²) < 4.78 is 0. The van der Waals surface area contributed by atoms with Gasteiger partial charge in [-0.2, -0.15) is 0 Å². The van der Waals surface area contributed by atoms with Gasteiger partial charge in [-0.1, -0.05) is 74.3 Å². The van der Waals surface area contributed by atoms with E-state index in [9.17, 15) is 15.0 Å². The van der Waals surface area contributed by atoms with Crippen LogP contribution in [0.5, 0.6) is 0 Å². The summed E-state index contributed by atoms with van der Waals surface area (Å²) in [5, 5.41) is 25.4. The molecular formula is C27H35Cl2NO3. The minimum Gasteiger partial charge on any atom is -0.394 e. The molecule has 0 aliphatic rings. The Morgan fingerprint density at radius 1 is 1.12 bits per heavy atom. The quantitative estimate of drug-likeness (QED) is 0.304. The van der Waals surface area contributed by atoms with Crippen LogP contribution in [0.3, 0.4) is 0 Å². The molecule has 0 aliphatic carbocycles. The van der Waals surface area contributed by atoms with Gasteiger partial charge in [0.1, 0.15) is 0 Å². The van der Waals surface area contributed by atoms with Crippen molar-refractivity contribution < 1.29 is 15.0 Å². The molecule has 2 aromatic rings. The Labute approximate surface area is 207 Å². The molecule has 0 fully saturated rings. The monoisotopic (exact) mass is 491 g/mol. The Balaban J connectivity index is 2.51. The molecule has 0 heterocycles. The highest BCUT2D eigenvalue weighted by molar-refractivity contribution is 6.30. The van der Waals surface area contributed by atoms with E-state index in [0.29, 0.717) is 34.9 Å². The van der Waals surface area contributed by atoms with Crippen molar-refractivity contribution in [2.45, 2.75) is 58.1 Å². The van der Waals surface area contributed by atoms with Crippen molar-refractivity contribution >= 4 is 29.1 Å². The first-order chi connectivity index (χ1) is 15.7. The summed E-state index contributed by atoms with van der Waals surface area (Å²) in [7, 11) is 0. The molecule has 3 N–H and O–H groups in total. The maximum Gasteiger partial charge on any atom is 0.226 e. The topological polar surface area (TPSA) is 69.6 Å². The standard InChI is InChI=1S/C27H35Cl2NO3/c1-5-14-27(6-2,26(33)30-24(17-31)18(3)4)16-23(20-8-7-9-22(29)15-20)25(32)19-10-12-21(28)13-11-19/h5,7-13,15,18,23-25,31-32H,1,6,14,16-17H2,2-4H3,(H,30,33)/t23-,24?,25+,27?/m1/s1. The lowest BCUT2D eigenvalue weighted by molar-refractivity contribution is -0.133. The lowest BCUT2D eigenvalue weighted by atomic mass is 9.70. The van der Waals surface area contributed by atoms with Crippen LogP contribution in [0.2, 0.25) is 10.0 Å². The second-order valence-electron chi connectivity index (χ2n) is 9.00. The van der Waals surface area contributed by atoms with Gasteiger partial charge >= 0.3 is 0 Å². The molecule has 6 heteroatoms. The Hall–Kier alpha value is -1.85. The molecule has 0 spiro atoms. The number of carbonyl (C=O) groups excluding carboxylic acids is 1. The van der Waals surface area contributed by atoms with E-state index in [1.54, 1.807) is 36.4 Å². The van der Waals surface area contributed by atoms with Gasteiger partial charge in [0, 0.05) is 16.0 Å². The van der Waals surface area contributed by atoms with Crippen LogP contribution in [0.15, 0.2) is 61.2 Å². The van der Waals surface area contributed by atoms with E-state index in [1.165, 1.54) is 0 Å². The predicted molar refractivity (Wildman–Crippen MR) is 137 cm³/mol. The number of benzene rings is 2. The van der Waals surface area contributed by atoms with Crippen molar-refractivity contribution in [3.8, 4) is 0 Å². The third-order valence-electron chi connectivity index (χ3n) is 6.49. The molecule has 4 atom stereocenters. The molecule has 0 aliphatic heterocycles. The zero-order valence-corrected chi connectivity index (χ0v) is 21.1. The van der Waals surface area contributed by atoms with E-state index in [1.807, 2.05) is 39.0 Å². The van der Waals surface area contributed by atoms with E-state index in [4.69, 9.17) is 23.2 Å². The van der Waals surface area contributed by atoms with Gasteiger partial charge in [-0.05, 0) is 60.6 Å². The molecule has 2 aromatic carbocycles. The summed E-state index contributed by atoms with van der Waals surface area (Å²) in [5.41, 5.74) is 0.746. The Bertz CT molecular complexity index is 916. The second kappa shape index (κ2) is 12.6. The van der Waals surface area contributed by atoms with E-state index in [0.717, 1.165) is 5.56 Å². The van der Waals surface area contributed by atoms with E-state index < -0.39 is 17.4 Å². The summed E-state index contributed by atoms with van der Waals surface area (Å²) in [4.78, 5) is 13.6. The summed E-state index contributed by atoms with van der Waals surface area (Å²) in [6, 6.07) is 14.1. The predicted octanol–water partition coefficient (Wildman–Crippen LogP) is 6.31. The largest absolute Gasteiger partial charge is 0.394 e. The summed E-state index contributed by atoms with van der Waals surface area (Å²) in [6.45, 7) is 9.64. The molecule has 0 saturated carbocycles. The molecule has 2 rings (SSSR count). The van der Waals surface area contributed by atoms with Crippen LogP contribution in [0.4, 0.5) is 0 Å². The van der Waals surface area contributed by atoms with Crippen LogP contribution in [0, 0.1) is 11.3 Å². The lowest BCUT2D eigenvalue weighted by Crippen LogP contribution is -2.49. The Kier molecular flexibility index (Phi) is 10.4. The van der Waals surface area contributed by atoms with E-state index >= 15 is 0 Å². The highest BCUT2D eigenvalue weighted by Gasteiger charge is 2.41. The molecule has 0 radical (unpaired) electrons. The zero-order valence-electron chi connectivity index (χ0n) is 19.6. The first-order valence-electron chi connectivity index (χ1n) is 11.4. The number of amides is 1. The average Bonchev–Trinajstić information content (AvgIpc) is 2.79. The van der Waals surface area contributed by atoms with Gasteiger partial charge in [0.25, 0.3) is 0 Å². The Morgan fingerprint density at radius 3 is 2.30 bits per heavy atom. The maximum atomic E-state index is 13.6. The molecule has 0 bridgehead atoms. The van der Waals surface area contributed by atoms with Gasteiger partial charge < -0.3 is 15.5 Å². The number of nitrogens with one attached hydrogen (secondary N) is 1. The molecule has 0 aromatic heterocycles. The number of halogens is 2. The molecule has 0 saturated heterocycles. The Morgan fingerprint density at radius 2 is 1.79 bits per heavy atom. The number of carbonyl (C=O) groups is 1. The summed E-state index contributed by atoms with van der Waals surface area (Å²) in [5.74, 6) is -0.462. The molecule has 4 nitrogen and oxygen atoms in total. The fourth-order valence-electron chi connectivity index (χ4n) is 4.20. The number of hydrogen-bond acceptors (Lipinski definition) is 3. The summed E-state index contributed by atoms with van der Waals surface area (Å²) in [6.07, 6.45) is 2.24. The van der Waals surface area contributed by atoms with Crippen LogP contribution in [-0.4, -0.2) is 28.8 Å². The first kappa shape index (κ1) is 27.4. The van der Waals surface area contributed by atoms with Crippen molar-refractivity contribution in [1.82, 2.24) is 5.32 Å². The van der Waals surface area contributed by atoms with Crippen molar-refractivity contribution in [1.29, 1.82) is 0 Å². The van der Waals surface area contributed by atoms with Crippen molar-refractivity contribution in [3.05, 3.63) is 82.4 Å². The maximum absolute atomic E-state index is 13.6.